The van der Waals surface area contributed by atoms with Gasteiger partial charge in [0.2, 0.25) is 17.7 Å². The van der Waals surface area contributed by atoms with Crippen molar-refractivity contribution in [2.45, 2.75) is 50.9 Å². The molecule has 168 valence electrons. The van der Waals surface area contributed by atoms with Gasteiger partial charge < -0.3 is 37.0 Å². The van der Waals surface area contributed by atoms with E-state index in [1.807, 2.05) is 6.26 Å². The Hall–Kier alpha value is -1.89. The summed E-state index contributed by atoms with van der Waals surface area (Å²) in [6.07, 6.45) is 2.60. The number of aliphatic hydroxyl groups is 2. The average Bonchev–Trinajstić information content (AvgIpc) is 2.70. The first-order valence-corrected chi connectivity index (χ1v) is 10.6. The molecule has 12 heteroatoms. The predicted octanol–water partition coefficient (Wildman–Crippen LogP) is -2.36. The van der Waals surface area contributed by atoms with Crippen molar-refractivity contribution in [3.8, 4) is 0 Å². The molecule has 0 aromatic heterocycles. The smallest absolute Gasteiger partial charge is 0.328 e. The Morgan fingerprint density at radius 1 is 0.966 bits per heavy atom. The number of nitrogens with two attached hydrogens (primary N) is 1. The van der Waals surface area contributed by atoms with Crippen LogP contribution < -0.4 is 21.7 Å². The summed E-state index contributed by atoms with van der Waals surface area (Å²) in [7, 11) is 0. The standard InChI is InChI=1S/C17H32N4O7S/c1-4-9(2)13(16(26)20-12(8-23)17(27)28)21-15(25)11(5-6-29-3)19-14(24)10(18)7-22/h9-13,22-23H,4-8,18H2,1-3H3,(H,19,24)(H,20,26)(H,21,25)(H,27,28). The van der Waals surface area contributed by atoms with Crippen LogP contribution in [-0.4, -0.2) is 88.4 Å². The van der Waals surface area contributed by atoms with E-state index in [4.69, 9.17) is 21.1 Å². The topological polar surface area (TPSA) is 191 Å². The molecule has 0 bridgehead atoms. The third-order valence-electron chi connectivity index (χ3n) is 4.37. The van der Waals surface area contributed by atoms with Crippen molar-refractivity contribution >= 4 is 35.5 Å². The highest BCUT2D eigenvalue weighted by Gasteiger charge is 2.32. The molecule has 3 amide bonds. The second kappa shape index (κ2) is 14.1. The first-order chi connectivity index (χ1) is 13.6. The van der Waals surface area contributed by atoms with Gasteiger partial charge in [-0.1, -0.05) is 20.3 Å². The van der Waals surface area contributed by atoms with Gasteiger partial charge in [0.1, 0.15) is 24.2 Å². The van der Waals surface area contributed by atoms with Crippen molar-refractivity contribution in [1.29, 1.82) is 0 Å². The second-order valence-electron chi connectivity index (χ2n) is 6.59. The van der Waals surface area contributed by atoms with Crippen molar-refractivity contribution < 1.29 is 34.5 Å². The van der Waals surface area contributed by atoms with E-state index < -0.39 is 61.1 Å². The number of nitrogens with one attached hydrogen (secondary N) is 3. The maximum Gasteiger partial charge on any atom is 0.328 e. The lowest BCUT2D eigenvalue weighted by molar-refractivity contribution is -0.143. The fraction of sp³-hybridized carbons (Fsp3) is 0.765. The van der Waals surface area contributed by atoms with E-state index in [0.29, 0.717) is 12.2 Å². The molecule has 0 saturated carbocycles. The van der Waals surface area contributed by atoms with E-state index in [-0.39, 0.29) is 12.3 Å². The quantitative estimate of drug-likeness (QED) is 0.156. The van der Waals surface area contributed by atoms with Gasteiger partial charge in [0, 0.05) is 0 Å². The van der Waals surface area contributed by atoms with Gasteiger partial charge in [0.15, 0.2) is 0 Å². The molecule has 0 fully saturated rings. The van der Waals surface area contributed by atoms with E-state index in [1.54, 1.807) is 13.8 Å². The number of hydrogen-bond acceptors (Lipinski definition) is 8. The van der Waals surface area contributed by atoms with Gasteiger partial charge in [-0.2, -0.15) is 11.8 Å². The van der Waals surface area contributed by atoms with Crippen molar-refractivity contribution in [3.05, 3.63) is 0 Å². The van der Waals surface area contributed by atoms with Gasteiger partial charge in [-0.3, -0.25) is 14.4 Å². The minimum absolute atomic E-state index is 0.264. The van der Waals surface area contributed by atoms with Crippen LogP contribution in [0.15, 0.2) is 0 Å². The molecule has 0 aliphatic heterocycles. The molecular formula is C17H32N4O7S. The molecule has 0 spiro atoms. The number of amides is 3. The highest BCUT2D eigenvalue weighted by atomic mass is 32.2. The summed E-state index contributed by atoms with van der Waals surface area (Å²) in [5.74, 6) is -3.30. The third kappa shape index (κ3) is 9.43. The fourth-order valence-corrected chi connectivity index (χ4v) is 2.74. The van der Waals surface area contributed by atoms with E-state index in [2.05, 4.69) is 16.0 Å². The summed E-state index contributed by atoms with van der Waals surface area (Å²) in [4.78, 5) is 48.3. The van der Waals surface area contributed by atoms with E-state index >= 15 is 0 Å². The Morgan fingerprint density at radius 2 is 1.55 bits per heavy atom. The number of hydrogen-bond donors (Lipinski definition) is 7. The van der Waals surface area contributed by atoms with Crippen LogP contribution in [0.2, 0.25) is 0 Å². The number of aliphatic carboxylic acids is 1. The predicted molar refractivity (Wildman–Crippen MR) is 108 cm³/mol. The zero-order chi connectivity index (χ0) is 22.6. The summed E-state index contributed by atoms with van der Waals surface area (Å²) < 4.78 is 0. The molecule has 0 saturated heterocycles. The first kappa shape index (κ1) is 27.1. The lowest BCUT2D eigenvalue weighted by atomic mass is 9.97. The Morgan fingerprint density at radius 3 is 2.00 bits per heavy atom. The van der Waals surface area contributed by atoms with Gasteiger partial charge in [-0.05, 0) is 24.3 Å². The zero-order valence-corrected chi connectivity index (χ0v) is 17.7. The van der Waals surface area contributed by atoms with Crippen LogP contribution >= 0.6 is 11.8 Å². The average molecular weight is 437 g/mol. The summed E-state index contributed by atoms with van der Waals surface area (Å²) in [6, 6.07) is -4.74. The summed E-state index contributed by atoms with van der Waals surface area (Å²) >= 11 is 1.45. The monoisotopic (exact) mass is 436 g/mol. The third-order valence-corrected chi connectivity index (χ3v) is 5.01. The summed E-state index contributed by atoms with van der Waals surface area (Å²) in [5.41, 5.74) is 5.47. The van der Waals surface area contributed by atoms with Gasteiger partial charge in [0.25, 0.3) is 0 Å². The molecule has 29 heavy (non-hydrogen) atoms. The zero-order valence-electron chi connectivity index (χ0n) is 16.9. The van der Waals surface area contributed by atoms with Crippen molar-refractivity contribution in [2.75, 3.05) is 25.2 Å². The number of rotatable bonds is 14. The van der Waals surface area contributed by atoms with Crippen molar-refractivity contribution in [2.24, 2.45) is 11.7 Å². The van der Waals surface area contributed by atoms with E-state index in [9.17, 15) is 19.2 Å². The summed E-state index contributed by atoms with van der Waals surface area (Å²) in [6.45, 7) is 2.12. The normalized spacial score (nSPS) is 16.1. The van der Waals surface area contributed by atoms with Crippen LogP contribution in [0.3, 0.4) is 0 Å². The number of carbonyl (C=O) groups is 4. The Kier molecular flexibility index (Phi) is 13.2. The van der Waals surface area contributed by atoms with E-state index in [0.717, 1.165) is 0 Å². The van der Waals surface area contributed by atoms with Crippen LogP contribution in [0.25, 0.3) is 0 Å². The first-order valence-electron chi connectivity index (χ1n) is 9.22. The molecule has 8 N–H and O–H groups in total. The molecule has 0 radical (unpaired) electrons. The largest absolute Gasteiger partial charge is 0.480 e. The molecule has 11 nitrogen and oxygen atoms in total. The number of carboxylic acid groups (broad SMARTS) is 1. The number of carbonyl (C=O) groups excluding carboxylic acids is 3. The Bertz CT molecular complexity index is 564. The molecule has 5 atom stereocenters. The van der Waals surface area contributed by atoms with Crippen LogP contribution in [0, 0.1) is 5.92 Å². The maximum atomic E-state index is 12.7. The van der Waals surface area contributed by atoms with Crippen LogP contribution in [0.1, 0.15) is 26.7 Å². The molecule has 5 unspecified atom stereocenters. The van der Waals surface area contributed by atoms with Gasteiger partial charge >= 0.3 is 5.97 Å². The molecule has 0 aliphatic rings. The van der Waals surface area contributed by atoms with Gasteiger partial charge in [-0.25, -0.2) is 4.79 Å². The SMILES string of the molecule is CCC(C)C(NC(=O)C(CCSC)NC(=O)C(N)CO)C(=O)NC(CO)C(=O)O. The van der Waals surface area contributed by atoms with Crippen LogP contribution in [0.5, 0.6) is 0 Å². The number of aliphatic hydroxyl groups excluding tert-OH is 2. The molecule has 0 heterocycles. The lowest BCUT2D eigenvalue weighted by Crippen LogP contribution is -2.59. The van der Waals surface area contributed by atoms with Gasteiger partial charge in [-0.15, -0.1) is 0 Å². The highest BCUT2D eigenvalue weighted by Crippen LogP contribution is 2.10. The van der Waals surface area contributed by atoms with Crippen LogP contribution in [0.4, 0.5) is 0 Å². The summed E-state index contributed by atoms with van der Waals surface area (Å²) in [5, 5.41) is 34.3. The molecular weight excluding hydrogens is 404 g/mol. The minimum Gasteiger partial charge on any atom is -0.480 e. The molecule has 0 aromatic carbocycles. The second-order valence-corrected chi connectivity index (χ2v) is 7.57. The number of carboxylic acids is 1. The van der Waals surface area contributed by atoms with E-state index in [1.165, 1.54) is 11.8 Å². The lowest BCUT2D eigenvalue weighted by Gasteiger charge is -2.27. The van der Waals surface area contributed by atoms with Gasteiger partial charge in [0.05, 0.1) is 13.2 Å². The van der Waals surface area contributed by atoms with Crippen molar-refractivity contribution in [1.82, 2.24) is 16.0 Å². The highest BCUT2D eigenvalue weighted by molar-refractivity contribution is 7.98. The minimum atomic E-state index is -1.50. The molecule has 0 aliphatic carbocycles. The van der Waals surface area contributed by atoms with Crippen LogP contribution in [-0.2, 0) is 19.2 Å². The Balaban J connectivity index is 5.37. The number of thioether (sulfide) groups is 1. The molecule has 0 aromatic rings. The van der Waals surface area contributed by atoms with Crippen molar-refractivity contribution in [3.63, 3.8) is 0 Å². The Labute approximate surface area is 174 Å². The molecule has 0 rings (SSSR count). The maximum absolute atomic E-state index is 12.7. The fourth-order valence-electron chi connectivity index (χ4n) is 2.27.